The maximum absolute atomic E-state index is 11.2. The van der Waals surface area contributed by atoms with E-state index in [1.807, 2.05) is 12.3 Å². The van der Waals surface area contributed by atoms with Crippen molar-refractivity contribution in [2.45, 2.75) is 13.5 Å². The Morgan fingerprint density at radius 2 is 2.26 bits per heavy atom. The van der Waals surface area contributed by atoms with Crippen molar-refractivity contribution in [3.8, 4) is 11.5 Å². The highest BCUT2D eigenvalue weighted by Gasteiger charge is 2.16. The van der Waals surface area contributed by atoms with E-state index in [-0.39, 0.29) is 17.9 Å². The molecule has 2 aromatic rings. The van der Waals surface area contributed by atoms with Gasteiger partial charge in [0.05, 0.1) is 6.61 Å². The summed E-state index contributed by atoms with van der Waals surface area (Å²) in [5, 5.41) is 11.8. The molecule has 0 unspecified atom stereocenters. The normalized spacial score (nSPS) is 10.2. The fourth-order valence-corrected chi connectivity index (χ4v) is 2.09. The summed E-state index contributed by atoms with van der Waals surface area (Å²) >= 11 is 1.45. The molecule has 0 amide bonds. The van der Waals surface area contributed by atoms with Crippen LogP contribution in [0, 0.1) is 0 Å². The molecule has 0 saturated heterocycles. The molecule has 0 saturated carbocycles. The number of carbonyl (C=O) groups is 1. The first-order valence-corrected chi connectivity index (χ1v) is 6.60. The maximum Gasteiger partial charge on any atom is 0.339 e. The molecule has 1 heterocycles. The smallest absolute Gasteiger partial charge is 0.339 e. The molecule has 0 aliphatic heterocycles. The molecule has 19 heavy (non-hydrogen) atoms. The minimum atomic E-state index is -1.05. The minimum Gasteiger partial charge on any atom is -0.490 e. The summed E-state index contributed by atoms with van der Waals surface area (Å²) < 4.78 is 11.0. The van der Waals surface area contributed by atoms with Crippen LogP contribution in [0.1, 0.15) is 22.3 Å². The van der Waals surface area contributed by atoms with Crippen molar-refractivity contribution >= 4 is 17.3 Å². The van der Waals surface area contributed by atoms with Crippen LogP contribution in [-0.2, 0) is 6.61 Å². The van der Waals surface area contributed by atoms with Gasteiger partial charge in [-0.1, -0.05) is 6.07 Å². The van der Waals surface area contributed by atoms with E-state index in [4.69, 9.17) is 14.6 Å². The zero-order chi connectivity index (χ0) is 13.7. The highest BCUT2D eigenvalue weighted by Crippen LogP contribution is 2.32. The van der Waals surface area contributed by atoms with E-state index < -0.39 is 5.97 Å². The van der Waals surface area contributed by atoms with Crippen LogP contribution in [0.2, 0.25) is 0 Å². The van der Waals surface area contributed by atoms with E-state index in [1.54, 1.807) is 18.3 Å². The van der Waals surface area contributed by atoms with Gasteiger partial charge in [-0.2, -0.15) is 0 Å². The van der Waals surface area contributed by atoms with Crippen LogP contribution in [0.4, 0.5) is 0 Å². The SMILES string of the molecule is CCOc1cccc(C(=O)O)c1OCc1nccs1. The first-order valence-electron chi connectivity index (χ1n) is 5.72. The number of benzene rings is 1. The van der Waals surface area contributed by atoms with Crippen molar-refractivity contribution in [1.29, 1.82) is 0 Å². The van der Waals surface area contributed by atoms with Crippen molar-refractivity contribution in [3.63, 3.8) is 0 Å². The van der Waals surface area contributed by atoms with E-state index in [0.717, 1.165) is 5.01 Å². The number of para-hydroxylation sites is 1. The van der Waals surface area contributed by atoms with Crippen LogP contribution in [0.3, 0.4) is 0 Å². The van der Waals surface area contributed by atoms with Crippen molar-refractivity contribution in [3.05, 3.63) is 40.3 Å². The van der Waals surface area contributed by atoms with Gasteiger partial charge in [-0.15, -0.1) is 11.3 Å². The Hall–Kier alpha value is -2.08. The Bertz CT molecular complexity index is 554. The third kappa shape index (κ3) is 3.23. The second-order valence-electron chi connectivity index (χ2n) is 3.59. The average Bonchev–Trinajstić information content (AvgIpc) is 2.90. The lowest BCUT2D eigenvalue weighted by atomic mass is 10.2. The Kier molecular flexibility index (Phi) is 4.35. The van der Waals surface area contributed by atoms with Gasteiger partial charge in [0.1, 0.15) is 17.2 Å². The third-order valence-electron chi connectivity index (χ3n) is 2.33. The largest absolute Gasteiger partial charge is 0.490 e. The van der Waals surface area contributed by atoms with Crippen LogP contribution >= 0.6 is 11.3 Å². The topological polar surface area (TPSA) is 68.7 Å². The minimum absolute atomic E-state index is 0.0857. The van der Waals surface area contributed by atoms with Gasteiger partial charge >= 0.3 is 5.97 Å². The van der Waals surface area contributed by atoms with Crippen molar-refractivity contribution in [2.75, 3.05) is 6.61 Å². The van der Waals surface area contributed by atoms with E-state index in [9.17, 15) is 4.79 Å². The maximum atomic E-state index is 11.2. The summed E-state index contributed by atoms with van der Waals surface area (Å²) in [6.45, 7) is 2.50. The molecule has 1 N–H and O–H groups in total. The van der Waals surface area contributed by atoms with E-state index in [2.05, 4.69) is 4.98 Å². The van der Waals surface area contributed by atoms with Crippen LogP contribution in [0.25, 0.3) is 0 Å². The monoisotopic (exact) mass is 279 g/mol. The lowest BCUT2D eigenvalue weighted by Gasteiger charge is -2.13. The highest BCUT2D eigenvalue weighted by atomic mass is 32.1. The molecule has 0 bridgehead atoms. The summed E-state index contributed by atoms with van der Waals surface area (Å²) in [6.07, 6.45) is 1.68. The number of ether oxygens (including phenoxy) is 2. The van der Waals surface area contributed by atoms with Crippen LogP contribution in [0.15, 0.2) is 29.8 Å². The second-order valence-corrected chi connectivity index (χ2v) is 4.56. The zero-order valence-electron chi connectivity index (χ0n) is 10.3. The number of hydrogen-bond acceptors (Lipinski definition) is 5. The molecular weight excluding hydrogens is 266 g/mol. The highest BCUT2D eigenvalue weighted by molar-refractivity contribution is 7.09. The predicted octanol–water partition coefficient (Wildman–Crippen LogP) is 2.82. The number of rotatable bonds is 6. The van der Waals surface area contributed by atoms with Gasteiger partial charge < -0.3 is 14.6 Å². The predicted molar refractivity (Wildman–Crippen MR) is 71.0 cm³/mol. The lowest BCUT2D eigenvalue weighted by Crippen LogP contribution is -2.06. The molecule has 0 fully saturated rings. The van der Waals surface area contributed by atoms with Gasteiger partial charge in [0.2, 0.25) is 0 Å². The molecule has 0 radical (unpaired) electrons. The first kappa shape index (κ1) is 13.4. The fourth-order valence-electron chi connectivity index (χ4n) is 1.56. The molecule has 5 nitrogen and oxygen atoms in total. The quantitative estimate of drug-likeness (QED) is 0.880. The Balaban J connectivity index is 2.26. The summed E-state index contributed by atoms with van der Waals surface area (Å²) in [4.78, 5) is 15.3. The molecule has 6 heteroatoms. The first-order chi connectivity index (χ1) is 9.22. The number of nitrogens with zero attached hydrogens (tertiary/aromatic N) is 1. The van der Waals surface area contributed by atoms with Gasteiger partial charge in [0.25, 0.3) is 0 Å². The standard InChI is InChI=1S/C13H13NO4S/c1-2-17-10-5-3-4-9(13(15)16)12(10)18-8-11-14-6-7-19-11/h3-7H,2,8H2,1H3,(H,15,16). The molecule has 0 spiro atoms. The van der Waals surface area contributed by atoms with Crippen molar-refractivity contribution < 1.29 is 19.4 Å². The Morgan fingerprint density at radius 1 is 1.42 bits per heavy atom. The third-order valence-corrected chi connectivity index (χ3v) is 3.09. The second kappa shape index (κ2) is 6.19. The van der Waals surface area contributed by atoms with Gasteiger partial charge in [0, 0.05) is 11.6 Å². The number of aromatic nitrogens is 1. The Morgan fingerprint density at radius 3 is 2.89 bits per heavy atom. The van der Waals surface area contributed by atoms with Gasteiger partial charge in [-0.3, -0.25) is 0 Å². The summed E-state index contributed by atoms with van der Waals surface area (Å²) in [6, 6.07) is 4.81. The fraction of sp³-hybridized carbons (Fsp3) is 0.231. The van der Waals surface area contributed by atoms with Crippen molar-refractivity contribution in [1.82, 2.24) is 4.98 Å². The van der Waals surface area contributed by atoms with E-state index in [1.165, 1.54) is 17.4 Å². The number of carboxylic acids is 1. The number of hydrogen-bond donors (Lipinski definition) is 1. The van der Waals surface area contributed by atoms with Crippen LogP contribution in [-0.4, -0.2) is 22.7 Å². The zero-order valence-corrected chi connectivity index (χ0v) is 11.1. The molecule has 0 aliphatic carbocycles. The molecule has 1 aromatic carbocycles. The van der Waals surface area contributed by atoms with Crippen LogP contribution < -0.4 is 9.47 Å². The summed E-state index contributed by atoms with van der Waals surface area (Å²) in [5.74, 6) is -0.373. The summed E-state index contributed by atoms with van der Waals surface area (Å²) in [5.41, 5.74) is 0.0857. The van der Waals surface area contributed by atoms with E-state index in [0.29, 0.717) is 12.4 Å². The van der Waals surface area contributed by atoms with Crippen LogP contribution in [0.5, 0.6) is 11.5 Å². The Labute approximate surface area is 114 Å². The summed E-state index contributed by atoms with van der Waals surface area (Å²) in [7, 11) is 0. The van der Waals surface area contributed by atoms with Gasteiger partial charge in [-0.05, 0) is 19.1 Å². The number of thiazole rings is 1. The molecular formula is C13H13NO4S. The number of aromatic carboxylic acids is 1. The number of carboxylic acid groups (broad SMARTS) is 1. The molecule has 0 atom stereocenters. The van der Waals surface area contributed by atoms with Crippen molar-refractivity contribution in [2.24, 2.45) is 0 Å². The molecule has 1 aromatic heterocycles. The lowest BCUT2D eigenvalue weighted by molar-refractivity contribution is 0.0690. The molecule has 0 aliphatic rings. The molecule has 2 rings (SSSR count). The molecule has 100 valence electrons. The average molecular weight is 279 g/mol. The van der Waals surface area contributed by atoms with Gasteiger partial charge in [0.15, 0.2) is 11.5 Å². The van der Waals surface area contributed by atoms with Gasteiger partial charge in [-0.25, -0.2) is 9.78 Å². The van der Waals surface area contributed by atoms with E-state index >= 15 is 0 Å².